The SMILES string of the molecule is [2H]C([2H])([2H])c1ccc(C(C)(C)O)cc1-c1cnc2c(N)nc(C(=O)OC)cn12. The van der Waals surface area contributed by atoms with Crippen LogP contribution in [0.5, 0.6) is 0 Å². The topological polar surface area (TPSA) is 103 Å². The zero-order chi connectivity index (χ0) is 20.9. The van der Waals surface area contributed by atoms with Crippen LogP contribution in [-0.4, -0.2) is 32.6 Å². The van der Waals surface area contributed by atoms with Crippen LogP contribution in [0.4, 0.5) is 5.82 Å². The van der Waals surface area contributed by atoms with E-state index < -0.39 is 18.4 Å². The maximum atomic E-state index is 11.9. The molecule has 0 spiro atoms. The Morgan fingerprint density at radius 3 is 2.84 bits per heavy atom. The van der Waals surface area contributed by atoms with Gasteiger partial charge >= 0.3 is 5.97 Å². The average molecular weight is 343 g/mol. The summed E-state index contributed by atoms with van der Waals surface area (Å²) in [7, 11) is 1.22. The predicted octanol–water partition coefficient (Wildman–Crippen LogP) is 2.30. The molecule has 0 aliphatic heterocycles. The van der Waals surface area contributed by atoms with Crippen molar-refractivity contribution in [2.75, 3.05) is 12.8 Å². The minimum absolute atomic E-state index is 0.00299. The minimum atomic E-state index is -2.40. The molecule has 25 heavy (non-hydrogen) atoms. The second-order valence-corrected chi connectivity index (χ2v) is 6.16. The smallest absolute Gasteiger partial charge is 0.358 e. The Labute approximate surface area is 149 Å². The molecule has 0 saturated carbocycles. The van der Waals surface area contributed by atoms with E-state index in [9.17, 15) is 9.90 Å². The highest BCUT2D eigenvalue weighted by Crippen LogP contribution is 2.30. The number of ether oxygens (including phenoxy) is 1. The van der Waals surface area contributed by atoms with Gasteiger partial charge in [0.25, 0.3) is 0 Å². The van der Waals surface area contributed by atoms with Crippen molar-refractivity contribution in [2.45, 2.75) is 26.3 Å². The summed E-state index contributed by atoms with van der Waals surface area (Å²) in [6.07, 6.45) is 2.84. The third-order valence-corrected chi connectivity index (χ3v) is 3.91. The number of methoxy groups -OCH3 is 1. The van der Waals surface area contributed by atoms with Crippen LogP contribution < -0.4 is 5.73 Å². The number of nitrogens with zero attached hydrogens (tertiary/aromatic N) is 3. The molecule has 1 aromatic carbocycles. The zero-order valence-electron chi connectivity index (χ0n) is 17.1. The number of rotatable bonds is 3. The zero-order valence-corrected chi connectivity index (χ0v) is 14.1. The molecule has 0 fully saturated rings. The van der Waals surface area contributed by atoms with E-state index in [1.807, 2.05) is 0 Å². The second kappa shape index (κ2) is 5.86. The lowest BCUT2D eigenvalue weighted by atomic mass is 9.93. The number of aryl methyl sites for hydroxylation is 1. The largest absolute Gasteiger partial charge is 0.464 e. The Hall–Kier alpha value is -2.93. The Bertz CT molecular complexity index is 1070. The van der Waals surface area contributed by atoms with E-state index in [4.69, 9.17) is 14.6 Å². The number of benzene rings is 1. The third-order valence-electron chi connectivity index (χ3n) is 3.91. The summed E-state index contributed by atoms with van der Waals surface area (Å²) in [6, 6.07) is 4.63. The first-order chi connectivity index (χ1) is 12.9. The summed E-state index contributed by atoms with van der Waals surface area (Å²) < 4.78 is 29.8. The van der Waals surface area contributed by atoms with Gasteiger partial charge in [-0.15, -0.1) is 0 Å². The van der Waals surface area contributed by atoms with Crippen molar-refractivity contribution in [1.29, 1.82) is 0 Å². The van der Waals surface area contributed by atoms with E-state index >= 15 is 0 Å². The van der Waals surface area contributed by atoms with Gasteiger partial charge in [0.2, 0.25) is 0 Å². The Balaban J connectivity index is 2.35. The molecule has 0 saturated heterocycles. The lowest BCUT2D eigenvalue weighted by molar-refractivity contribution is 0.0593. The van der Waals surface area contributed by atoms with Crippen LogP contribution in [0.2, 0.25) is 0 Å². The van der Waals surface area contributed by atoms with Gasteiger partial charge in [-0.3, -0.25) is 4.40 Å². The first-order valence-electron chi connectivity index (χ1n) is 9.03. The highest BCUT2D eigenvalue weighted by molar-refractivity contribution is 5.88. The predicted molar refractivity (Wildman–Crippen MR) is 94.2 cm³/mol. The van der Waals surface area contributed by atoms with Crippen LogP contribution in [0.25, 0.3) is 16.9 Å². The number of nitrogens with two attached hydrogens (primary N) is 1. The van der Waals surface area contributed by atoms with Crippen molar-refractivity contribution < 1.29 is 18.8 Å². The number of carbonyl (C=O) groups is 1. The maximum absolute atomic E-state index is 11.9. The van der Waals surface area contributed by atoms with Gasteiger partial charge in [-0.25, -0.2) is 14.8 Å². The Kier molecular flexibility index (Phi) is 3.13. The van der Waals surface area contributed by atoms with Gasteiger partial charge in [0.15, 0.2) is 17.2 Å². The van der Waals surface area contributed by atoms with Gasteiger partial charge < -0.3 is 15.6 Å². The number of fused-ring (bicyclic) bond motifs is 1. The maximum Gasteiger partial charge on any atom is 0.358 e. The van der Waals surface area contributed by atoms with E-state index in [1.165, 1.54) is 30.0 Å². The lowest BCUT2D eigenvalue weighted by Gasteiger charge is -2.19. The molecule has 3 rings (SSSR count). The molecule has 3 N–H and O–H groups in total. The van der Waals surface area contributed by atoms with Gasteiger partial charge in [-0.2, -0.15) is 0 Å². The molecule has 0 amide bonds. The molecule has 3 aromatic rings. The number of imidazole rings is 1. The monoisotopic (exact) mass is 343 g/mol. The lowest BCUT2D eigenvalue weighted by Crippen LogP contribution is -2.15. The molecule has 130 valence electrons. The van der Waals surface area contributed by atoms with Crippen LogP contribution in [0.3, 0.4) is 0 Å². The van der Waals surface area contributed by atoms with Crippen LogP contribution >= 0.6 is 0 Å². The Morgan fingerprint density at radius 1 is 1.44 bits per heavy atom. The fourth-order valence-electron chi connectivity index (χ4n) is 2.55. The standard InChI is InChI=1S/C18H20N4O3/c1-10-5-6-11(18(2,3)24)7-12(10)14-8-20-16-15(19)21-13(9-22(14)16)17(23)25-4/h5-9,24H,1-4H3,(H2,19,21)/i1D3. The Morgan fingerprint density at radius 2 is 2.20 bits per heavy atom. The number of esters is 1. The number of aromatic nitrogens is 3. The van der Waals surface area contributed by atoms with Crippen LogP contribution in [0.15, 0.2) is 30.6 Å². The number of anilines is 1. The van der Waals surface area contributed by atoms with Gasteiger partial charge in [-0.05, 0) is 37.9 Å². The van der Waals surface area contributed by atoms with Crippen LogP contribution in [0.1, 0.15) is 39.6 Å². The molecule has 7 nitrogen and oxygen atoms in total. The summed E-state index contributed by atoms with van der Waals surface area (Å²) in [4.78, 5) is 20.1. The molecule has 0 radical (unpaired) electrons. The highest BCUT2D eigenvalue weighted by atomic mass is 16.5. The highest BCUT2D eigenvalue weighted by Gasteiger charge is 2.20. The normalized spacial score (nSPS) is 14.0. The quantitative estimate of drug-likeness (QED) is 0.707. The molecule has 0 aliphatic carbocycles. The van der Waals surface area contributed by atoms with E-state index in [2.05, 4.69) is 9.97 Å². The number of aliphatic hydroxyl groups is 1. The molecule has 0 unspecified atom stereocenters. The summed E-state index contributed by atoms with van der Waals surface area (Å²) >= 11 is 0. The van der Waals surface area contributed by atoms with Crippen molar-refractivity contribution in [3.63, 3.8) is 0 Å². The second-order valence-electron chi connectivity index (χ2n) is 6.16. The fourth-order valence-corrected chi connectivity index (χ4v) is 2.55. The van der Waals surface area contributed by atoms with Crippen LogP contribution in [0, 0.1) is 6.85 Å². The van der Waals surface area contributed by atoms with Gasteiger partial charge in [-0.1, -0.05) is 12.1 Å². The summed E-state index contributed by atoms with van der Waals surface area (Å²) in [6.45, 7) is 0.807. The van der Waals surface area contributed by atoms with Crippen molar-refractivity contribution in [2.24, 2.45) is 0 Å². The van der Waals surface area contributed by atoms with Crippen molar-refractivity contribution in [3.8, 4) is 11.3 Å². The molecule has 7 heteroatoms. The van der Waals surface area contributed by atoms with E-state index in [0.29, 0.717) is 16.8 Å². The summed E-state index contributed by atoms with van der Waals surface area (Å²) in [5, 5.41) is 10.4. The van der Waals surface area contributed by atoms with Crippen molar-refractivity contribution >= 4 is 17.4 Å². The third kappa shape index (κ3) is 2.94. The van der Waals surface area contributed by atoms with Gasteiger partial charge in [0, 0.05) is 15.9 Å². The first kappa shape index (κ1) is 13.4. The molecular weight excluding hydrogens is 320 g/mol. The molecular formula is C18H20N4O3. The van der Waals surface area contributed by atoms with E-state index in [0.717, 1.165) is 0 Å². The van der Waals surface area contributed by atoms with E-state index in [1.54, 1.807) is 26.0 Å². The molecule has 2 aromatic heterocycles. The number of carbonyl (C=O) groups excluding carboxylic acids is 1. The molecule has 0 atom stereocenters. The summed E-state index contributed by atoms with van der Waals surface area (Å²) in [5.74, 6) is -0.683. The average Bonchev–Trinajstić information content (AvgIpc) is 3.03. The van der Waals surface area contributed by atoms with Crippen molar-refractivity contribution in [1.82, 2.24) is 14.4 Å². The number of hydrogen-bond donors (Lipinski definition) is 2. The van der Waals surface area contributed by atoms with Crippen LogP contribution in [-0.2, 0) is 10.3 Å². The number of nitrogen functional groups attached to an aromatic ring is 1. The van der Waals surface area contributed by atoms with E-state index in [-0.39, 0.29) is 22.7 Å². The van der Waals surface area contributed by atoms with Gasteiger partial charge in [0.1, 0.15) is 0 Å². The molecule has 0 aliphatic rings. The first-order valence-corrected chi connectivity index (χ1v) is 7.53. The molecule has 2 heterocycles. The van der Waals surface area contributed by atoms with Gasteiger partial charge in [0.05, 0.1) is 24.6 Å². The molecule has 0 bridgehead atoms. The minimum Gasteiger partial charge on any atom is -0.464 e. The number of hydrogen-bond acceptors (Lipinski definition) is 6. The fraction of sp³-hybridized carbons (Fsp3) is 0.278. The van der Waals surface area contributed by atoms with Crippen molar-refractivity contribution in [3.05, 3.63) is 47.4 Å². The summed E-state index contributed by atoms with van der Waals surface area (Å²) in [5.41, 5.74) is 6.31.